The van der Waals surface area contributed by atoms with Gasteiger partial charge >= 0.3 is 0 Å². The van der Waals surface area contributed by atoms with Crippen LogP contribution in [-0.2, 0) is 0 Å². The van der Waals surface area contributed by atoms with Crippen LogP contribution in [0.5, 0.6) is 0 Å². The van der Waals surface area contributed by atoms with Crippen LogP contribution >= 0.6 is 0 Å². The van der Waals surface area contributed by atoms with E-state index in [9.17, 15) is 4.39 Å². The van der Waals surface area contributed by atoms with Gasteiger partial charge in [0, 0.05) is 0 Å². The Kier molecular flexibility index (Phi) is 1.63. The summed E-state index contributed by atoms with van der Waals surface area (Å²) in [4.78, 5) is 2.85. The second kappa shape index (κ2) is 2.77. The molecule has 1 aromatic heterocycles. The van der Waals surface area contributed by atoms with E-state index in [0.717, 1.165) is 0 Å². The third-order valence-electron chi connectivity index (χ3n) is 1.68. The van der Waals surface area contributed by atoms with E-state index in [0.29, 0.717) is 5.69 Å². The molecule has 0 atom stereocenters. The predicted molar refractivity (Wildman–Crippen MR) is 42.3 cm³/mol. The Morgan fingerprint density at radius 1 is 1.25 bits per heavy atom. The normalized spacial score (nSPS) is 10.1. The van der Waals surface area contributed by atoms with Gasteiger partial charge in [0.25, 0.3) is 0 Å². The van der Waals surface area contributed by atoms with E-state index in [1.165, 1.54) is 6.07 Å². The molecule has 0 aliphatic heterocycles. The number of para-hydroxylation sites is 1. The summed E-state index contributed by atoms with van der Waals surface area (Å²) in [5, 5.41) is 0. The van der Waals surface area contributed by atoms with Crippen LogP contribution < -0.4 is 4.57 Å². The molecule has 0 aliphatic carbocycles. The molecule has 0 bridgehead atoms. The van der Waals surface area contributed by atoms with Gasteiger partial charge in [-0.3, -0.25) is 0 Å². The smallest absolute Gasteiger partial charge is 0.246 e. The fourth-order valence-electron chi connectivity index (χ4n) is 1.10. The predicted octanol–water partition coefficient (Wildman–Crippen LogP) is 1.43. The molecule has 0 radical (unpaired) electrons. The Hall–Kier alpha value is -1.64. The molecule has 0 fully saturated rings. The topological polar surface area (TPSA) is 19.7 Å². The maximum atomic E-state index is 13.1. The Bertz CT molecular complexity index is 368. The van der Waals surface area contributed by atoms with Crippen LogP contribution in [0, 0.1) is 5.82 Å². The zero-order chi connectivity index (χ0) is 8.39. The molecule has 2 nitrogen and oxygen atoms in total. The molecule has 60 valence electrons. The number of hydrogen-bond acceptors (Lipinski definition) is 0. The molecule has 2 aromatic rings. The van der Waals surface area contributed by atoms with Crippen LogP contribution in [-0.4, -0.2) is 4.98 Å². The number of nitrogens with one attached hydrogen (secondary N) is 1. The van der Waals surface area contributed by atoms with Crippen molar-refractivity contribution in [3.8, 4) is 5.69 Å². The number of hydrogen-bond donors (Lipinski definition) is 1. The number of benzene rings is 1. The molecular weight excluding hydrogens is 155 g/mol. The van der Waals surface area contributed by atoms with Crippen molar-refractivity contribution in [2.75, 3.05) is 0 Å². The van der Waals surface area contributed by atoms with E-state index in [1.54, 1.807) is 41.5 Å². The van der Waals surface area contributed by atoms with Crippen molar-refractivity contribution in [2.45, 2.75) is 0 Å². The van der Waals surface area contributed by atoms with Gasteiger partial charge in [-0.05, 0) is 12.1 Å². The first-order valence-electron chi connectivity index (χ1n) is 3.67. The monoisotopic (exact) mass is 163 g/mol. The number of nitrogens with zero attached hydrogens (tertiary/aromatic N) is 1. The molecule has 0 aliphatic rings. The third kappa shape index (κ3) is 1.09. The van der Waals surface area contributed by atoms with Crippen molar-refractivity contribution in [3.05, 3.63) is 48.8 Å². The Morgan fingerprint density at radius 3 is 2.75 bits per heavy atom. The Morgan fingerprint density at radius 2 is 2.08 bits per heavy atom. The van der Waals surface area contributed by atoms with Crippen molar-refractivity contribution in [2.24, 2.45) is 0 Å². The van der Waals surface area contributed by atoms with Gasteiger partial charge in [-0.1, -0.05) is 12.1 Å². The van der Waals surface area contributed by atoms with Crippen LogP contribution in [0.25, 0.3) is 5.69 Å². The van der Waals surface area contributed by atoms with E-state index in [1.807, 2.05) is 0 Å². The first-order chi connectivity index (χ1) is 5.88. The first kappa shape index (κ1) is 7.03. The number of rotatable bonds is 1. The molecule has 12 heavy (non-hydrogen) atoms. The van der Waals surface area contributed by atoms with Crippen molar-refractivity contribution in [1.82, 2.24) is 4.98 Å². The quantitative estimate of drug-likeness (QED) is 0.613. The number of imidazole rings is 1. The lowest BCUT2D eigenvalue weighted by molar-refractivity contribution is -0.596. The number of aromatic amines is 1. The van der Waals surface area contributed by atoms with Gasteiger partial charge in [-0.2, -0.15) is 4.57 Å². The summed E-state index contributed by atoms with van der Waals surface area (Å²) >= 11 is 0. The zero-order valence-electron chi connectivity index (χ0n) is 6.37. The highest BCUT2D eigenvalue weighted by atomic mass is 19.1. The van der Waals surface area contributed by atoms with Gasteiger partial charge in [0.05, 0.1) is 0 Å². The van der Waals surface area contributed by atoms with E-state index in [4.69, 9.17) is 0 Å². The van der Waals surface area contributed by atoms with E-state index >= 15 is 0 Å². The molecular formula is C9H8FN2+. The molecule has 1 heterocycles. The van der Waals surface area contributed by atoms with Crippen LogP contribution in [0.3, 0.4) is 0 Å². The molecule has 0 amide bonds. The van der Waals surface area contributed by atoms with Gasteiger partial charge in [0.15, 0.2) is 11.5 Å². The minimum Gasteiger partial charge on any atom is -0.250 e. The summed E-state index contributed by atoms with van der Waals surface area (Å²) in [5.74, 6) is -0.220. The summed E-state index contributed by atoms with van der Waals surface area (Å²) in [5.41, 5.74) is 0.554. The molecule has 3 heteroatoms. The van der Waals surface area contributed by atoms with E-state index in [-0.39, 0.29) is 5.82 Å². The van der Waals surface area contributed by atoms with Crippen molar-refractivity contribution >= 4 is 0 Å². The van der Waals surface area contributed by atoms with Gasteiger partial charge in [-0.15, -0.1) is 0 Å². The van der Waals surface area contributed by atoms with Crippen molar-refractivity contribution in [3.63, 3.8) is 0 Å². The SMILES string of the molecule is Fc1ccccc1-[n+]1cc[nH]c1. The summed E-state index contributed by atoms with van der Waals surface area (Å²) in [6.45, 7) is 0. The van der Waals surface area contributed by atoms with Crippen molar-refractivity contribution in [1.29, 1.82) is 0 Å². The fourth-order valence-corrected chi connectivity index (χ4v) is 1.10. The average molecular weight is 163 g/mol. The van der Waals surface area contributed by atoms with Crippen LogP contribution in [0.1, 0.15) is 0 Å². The van der Waals surface area contributed by atoms with Crippen LogP contribution in [0.4, 0.5) is 4.39 Å². The van der Waals surface area contributed by atoms with E-state index < -0.39 is 0 Å². The average Bonchev–Trinajstić information content (AvgIpc) is 2.57. The molecule has 1 N–H and O–H groups in total. The summed E-state index contributed by atoms with van der Waals surface area (Å²) in [6.07, 6.45) is 5.20. The lowest BCUT2D eigenvalue weighted by atomic mass is 10.3. The largest absolute Gasteiger partial charge is 0.250 e. The van der Waals surface area contributed by atoms with Crippen molar-refractivity contribution < 1.29 is 8.96 Å². The van der Waals surface area contributed by atoms with Gasteiger partial charge in [-0.25, -0.2) is 9.37 Å². The Balaban J connectivity index is 2.55. The first-order valence-corrected chi connectivity index (χ1v) is 3.67. The molecule has 0 spiro atoms. The van der Waals surface area contributed by atoms with Crippen LogP contribution in [0.15, 0.2) is 43.0 Å². The van der Waals surface area contributed by atoms with E-state index in [2.05, 4.69) is 4.98 Å². The van der Waals surface area contributed by atoms with Crippen LogP contribution in [0.2, 0.25) is 0 Å². The summed E-state index contributed by atoms with van der Waals surface area (Å²) in [7, 11) is 0. The van der Waals surface area contributed by atoms with Gasteiger partial charge in [0.1, 0.15) is 12.4 Å². The minimum atomic E-state index is -0.220. The highest BCUT2D eigenvalue weighted by Gasteiger charge is 2.06. The summed E-state index contributed by atoms with van der Waals surface area (Å²) < 4.78 is 14.8. The Labute approximate surface area is 69.3 Å². The minimum absolute atomic E-state index is 0.220. The highest BCUT2D eigenvalue weighted by molar-refractivity contribution is 5.23. The number of H-pyrrole nitrogens is 1. The lowest BCUT2D eigenvalue weighted by Gasteiger charge is -1.95. The second-order valence-corrected chi connectivity index (χ2v) is 2.47. The third-order valence-corrected chi connectivity index (χ3v) is 1.68. The summed E-state index contributed by atoms with van der Waals surface area (Å²) in [6, 6.07) is 6.64. The lowest BCUT2D eigenvalue weighted by Crippen LogP contribution is -2.28. The molecule has 2 rings (SSSR count). The molecule has 0 saturated heterocycles. The zero-order valence-corrected chi connectivity index (χ0v) is 6.37. The molecule has 0 unspecified atom stereocenters. The fraction of sp³-hybridized carbons (Fsp3) is 0. The van der Waals surface area contributed by atoms with Gasteiger partial charge < -0.3 is 0 Å². The second-order valence-electron chi connectivity index (χ2n) is 2.47. The number of halogens is 1. The maximum absolute atomic E-state index is 13.1. The highest BCUT2D eigenvalue weighted by Crippen LogP contribution is 2.04. The molecule has 1 aromatic carbocycles. The molecule has 0 saturated carbocycles. The standard InChI is InChI=1S/C9H7FN2/c10-8-3-1-2-4-9(8)12-6-5-11-7-12/h1-7H/p+1. The number of aromatic nitrogens is 2. The van der Waals surface area contributed by atoms with Gasteiger partial charge in [0.2, 0.25) is 6.33 Å². The maximum Gasteiger partial charge on any atom is 0.246 e.